The molecule has 0 bridgehead atoms. The Balaban J connectivity index is 1.20. The number of urea groups is 1. The molecule has 1 aliphatic rings. The zero-order valence-electron chi connectivity index (χ0n) is 17.8. The maximum absolute atomic E-state index is 12.4. The van der Waals surface area contributed by atoms with Crippen LogP contribution in [0.25, 0.3) is 0 Å². The molecule has 7 nitrogen and oxygen atoms in total. The van der Waals surface area contributed by atoms with Crippen molar-refractivity contribution in [3.63, 3.8) is 0 Å². The van der Waals surface area contributed by atoms with Crippen LogP contribution in [-0.2, 0) is 12.8 Å². The number of carbonyl (C=O) groups excluding carboxylic acids is 1. The number of ether oxygens (including phenoxy) is 1. The lowest BCUT2D eigenvalue weighted by Crippen LogP contribution is -2.39. The normalized spacial score (nSPS) is 15.8. The molecule has 1 N–H and O–H groups in total. The summed E-state index contributed by atoms with van der Waals surface area (Å²) >= 11 is 0. The number of nitrogens with zero attached hydrogens (tertiary/aromatic N) is 3. The number of likely N-dealkylation sites (tertiary alicyclic amines) is 1. The molecule has 3 aromatic rings. The molecule has 4 rings (SSSR count). The van der Waals surface area contributed by atoms with E-state index in [-0.39, 0.29) is 11.9 Å². The van der Waals surface area contributed by atoms with E-state index in [9.17, 15) is 4.79 Å². The van der Waals surface area contributed by atoms with Crippen LogP contribution in [0.1, 0.15) is 35.2 Å². The molecule has 31 heavy (non-hydrogen) atoms. The van der Waals surface area contributed by atoms with Crippen molar-refractivity contribution in [2.24, 2.45) is 0 Å². The zero-order valence-corrected chi connectivity index (χ0v) is 17.8. The summed E-state index contributed by atoms with van der Waals surface area (Å²) < 4.78 is 11.2. The molecule has 1 aromatic heterocycles. The van der Waals surface area contributed by atoms with E-state index in [1.807, 2.05) is 54.3 Å². The largest absolute Gasteiger partial charge is 0.493 e. The maximum atomic E-state index is 12.4. The summed E-state index contributed by atoms with van der Waals surface area (Å²) in [7, 11) is 0. The molecule has 1 aliphatic heterocycles. The minimum atomic E-state index is -0.0373. The molecule has 0 radical (unpaired) electrons. The smallest absolute Gasteiger partial charge is 0.317 e. The van der Waals surface area contributed by atoms with Gasteiger partial charge in [-0.05, 0) is 43.0 Å². The first kappa shape index (κ1) is 20.9. The second kappa shape index (κ2) is 10.1. The lowest BCUT2D eigenvalue weighted by atomic mass is 10.1. The van der Waals surface area contributed by atoms with Gasteiger partial charge in [-0.2, -0.15) is 4.98 Å². The maximum Gasteiger partial charge on any atom is 0.317 e. The van der Waals surface area contributed by atoms with E-state index in [4.69, 9.17) is 9.26 Å². The van der Waals surface area contributed by atoms with Gasteiger partial charge >= 0.3 is 6.03 Å². The van der Waals surface area contributed by atoms with Crippen molar-refractivity contribution in [3.8, 4) is 5.75 Å². The third-order valence-corrected chi connectivity index (χ3v) is 5.43. The van der Waals surface area contributed by atoms with Crippen molar-refractivity contribution in [2.75, 3.05) is 26.2 Å². The number of aromatic nitrogens is 2. The molecule has 2 aromatic carbocycles. The number of hydrogen-bond donors (Lipinski definition) is 1. The molecule has 1 saturated heterocycles. The van der Waals surface area contributed by atoms with Crippen molar-refractivity contribution < 1.29 is 14.1 Å². The lowest BCUT2D eigenvalue weighted by Gasteiger charge is -2.16. The Morgan fingerprint density at radius 2 is 2.06 bits per heavy atom. The van der Waals surface area contributed by atoms with Gasteiger partial charge in [-0.1, -0.05) is 47.6 Å². The van der Waals surface area contributed by atoms with Crippen molar-refractivity contribution in [1.82, 2.24) is 20.4 Å². The Hall–Kier alpha value is -3.35. The van der Waals surface area contributed by atoms with E-state index < -0.39 is 0 Å². The fourth-order valence-electron chi connectivity index (χ4n) is 3.72. The molecule has 2 amide bonds. The highest BCUT2D eigenvalue weighted by Gasteiger charge is 2.31. The summed E-state index contributed by atoms with van der Waals surface area (Å²) in [5.41, 5.74) is 2.38. The molecule has 1 atom stereocenters. The van der Waals surface area contributed by atoms with Gasteiger partial charge in [0.2, 0.25) is 5.89 Å². The fourth-order valence-corrected chi connectivity index (χ4v) is 3.72. The first-order chi connectivity index (χ1) is 15.2. The van der Waals surface area contributed by atoms with Gasteiger partial charge in [-0.3, -0.25) is 0 Å². The van der Waals surface area contributed by atoms with Gasteiger partial charge in [0.25, 0.3) is 0 Å². The van der Waals surface area contributed by atoms with E-state index in [0.29, 0.717) is 44.4 Å². The number of carbonyl (C=O) groups is 1. The molecule has 162 valence electrons. The number of rotatable bonds is 8. The molecule has 1 unspecified atom stereocenters. The Morgan fingerprint density at radius 3 is 2.90 bits per heavy atom. The summed E-state index contributed by atoms with van der Waals surface area (Å²) in [6, 6.07) is 18.1. The zero-order chi connectivity index (χ0) is 21.5. The van der Waals surface area contributed by atoms with Gasteiger partial charge in [-0.25, -0.2) is 4.79 Å². The summed E-state index contributed by atoms with van der Waals surface area (Å²) in [4.78, 5) is 18.8. The van der Waals surface area contributed by atoms with Gasteiger partial charge < -0.3 is 19.5 Å². The first-order valence-corrected chi connectivity index (χ1v) is 10.8. The van der Waals surface area contributed by atoms with E-state index in [0.717, 1.165) is 24.2 Å². The lowest BCUT2D eigenvalue weighted by molar-refractivity contribution is 0.207. The Bertz CT molecular complexity index is 989. The van der Waals surface area contributed by atoms with Crippen LogP contribution in [0.4, 0.5) is 4.79 Å². The Kier molecular flexibility index (Phi) is 6.82. The molecular formula is C24H28N4O3. The van der Waals surface area contributed by atoms with Gasteiger partial charge in [0.05, 0.1) is 12.5 Å². The van der Waals surface area contributed by atoms with Crippen molar-refractivity contribution >= 4 is 6.03 Å². The minimum absolute atomic E-state index is 0.0373. The van der Waals surface area contributed by atoms with E-state index >= 15 is 0 Å². The van der Waals surface area contributed by atoms with E-state index in [1.165, 1.54) is 5.56 Å². The highest BCUT2D eigenvalue weighted by Crippen LogP contribution is 2.26. The second-order valence-electron chi connectivity index (χ2n) is 7.86. The third kappa shape index (κ3) is 5.84. The SMILES string of the molecule is Cc1cccc(OCCc2noc(C3CCN(C(=O)NCCc4ccccc4)C3)n2)c1. The first-order valence-electron chi connectivity index (χ1n) is 10.8. The Labute approximate surface area is 182 Å². The number of benzene rings is 2. The minimum Gasteiger partial charge on any atom is -0.493 e. The van der Waals surface area contributed by atoms with Crippen molar-refractivity contribution in [2.45, 2.75) is 32.1 Å². The van der Waals surface area contributed by atoms with Crippen LogP contribution < -0.4 is 10.1 Å². The predicted molar refractivity (Wildman–Crippen MR) is 117 cm³/mol. The van der Waals surface area contributed by atoms with Crippen LogP contribution in [0, 0.1) is 6.92 Å². The topological polar surface area (TPSA) is 80.5 Å². The number of amides is 2. The number of hydrogen-bond acceptors (Lipinski definition) is 5. The highest BCUT2D eigenvalue weighted by atomic mass is 16.5. The van der Waals surface area contributed by atoms with Gasteiger partial charge in [-0.15, -0.1) is 0 Å². The van der Waals surface area contributed by atoms with Crippen LogP contribution in [-0.4, -0.2) is 47.3 Å². The number of aryl methyl sites for hydroxylation is 1. The van der Waals surface area contributed by atoms with Crippen molar-refractivity contribution in [1.29, 1.82) is 0 Å². The third-order valence-electron chi connectivity index (χ3n) is 5.43. The van der Waals surface area contributed by atoms with Gasteiger partial charge in [0.15, 0.2) is 5.82 Å². The average molecular weight is 421 g/mol. The molecule has 1 fully saturated rings. The average Bonchev–Trinajstić information content (AvgIpc) is 3.44. The summed E-state index contributed by atoms with van der Waals surface area (Å²) in [5.74, 6) is 2.16. The molecular weight excluding hydrogens is 392 g/mol. The number of nitrogens with one attached hydrogen (secondary N) is 1. The molecule has 7 heteroatoms. The Morgan fingerprint density at radius 1 is 1.19 bits per heavy atom. The quantitative estimate of drug-likeness (QED) is 0.600. The molecule has 0 saturated carbocycles. The van der Waals surface area contributed by atoms with Crippen LogP contribution >= 0.6 is 0 Å². The summed E-state index contributed by atoms with van der Waals surface area (Å²) in [6.07, 6.45) is 2.23. The van der Waals surface area contributed by atoms with Crippen molar-refractivity contribution in [3.05, 3.63) is 77.4 Å². The standard InChI is InChI=1S/C24H28N4O3/c1-18-6-5-9-21(16-18)30-15-12-22-26-23(31-27-22)20-11-14-28(17-20)24(29)25-13-10-19-7-3-2-4-8-19/h2-9,16,20H,10-15,17H2,1H3,(H,25,29). The van der Waals surface area contributed by atoms with Crippen LogP contribution in [0.5, 0.6) is 5.75 Å². The highest BCUT2D eigenvalue weighted by molar-refractivity contribution is 5.74. The van der Waals surface area contributed by atoms with Gasteiger partial charge in [0.1, 0.15) is 5.75 Å². The van der Waals surface area contributed by atoms with Gasteiger partial charge in [0, 0.05) is 26.1 Å². The fraction of sp³-hybridized carbons (Fsp3) is 0.375. The van der Waals surface area contributed by atoms with E-state index in [1.54, 1.807) is 0 Å². The monoisotopic (exact) mass is 420 g/mol. The summed E-state index contributed by atoms with van der Waals surface area (Å²) in [5, 5.41) is 7.08. The van der Waals surface area contributed by atoms with Crippen LogP contribution in [0.15, 0.2) is 59.1 Å². The second-order valence-corrected chi connectivity index (χ2v) is 7.86. The van der Waals surface area contributed by atoms with E-state index in [2.05, 4.69) is 27.6 Å². The van der Waals surface area contributed by atoms with Crippen LogP contribution in [0.2, 0.25) is 0 Å². The predicted octanol–water partition coefficient (Wildman–Crippen LogP) is 3.74. The molecule has 0 spiro atoms. The molecule has 2 heterocycles. The van der Waals surface area contributed by atoms with Crippen LogP contribution in [0.3, 0.4) is 0 Å². The summed E-state index contributed by atoms with van der Waals surface area (Å²) in [6.45, 7) is 4.43. The molecule has 0 aliphatic carbocycles.